The molecule has 0 saturated carbocycles. The van der Waals surface area contributed by atoms with Crippen LogP contribution in [0.15, 0.2) is 54.1 Å². The van der Waals surface area contributed by atoms with E-state index in [1.165, 1.54) is 11.1 Å². The number of alkyl halides is 1. The average Bonchev–Trinajstić information content (AvgIpc) is 2.37. The van der Waals surface area contributed by atoms with Crippen molar-refractivity contribution in [3.05, 3.63) is 65.3 Å². The Morgan fingerprint density at radius 3 is 2.40 bits per heavy atom. The molecular weight excluding hydrogens is 247 g/mol. The lowest BCUT2D eigenvalue weighted by Crippen LogP contribution is -2.08. The SMILES string of the molecule is C=C(C)/C(C)=C\C/C=C(\C)c1cccc(C(C)(C)F)c1. The largest absolute Gasteiger partial charge is 0.239 e. The van der Waals surface area contributed by atoms with Gasteiger partial charge in [-0.3, -0.25) is 0 Å². The summed E-state index contributed by atoms with van der Waals surface area (Å²) in [6.07, 6.45) is 5.19. The summed E-state index contributed by atoms with van der Waals surface area (Å²) in [6, 6.07) is 7.71. The van der Waals surface area contributed by atoms with Crippen molar-refractivity contribution in [3.63, 3.8) is 0 Å². The first kappa shape index (κ1) is 16.4. The van der Waals surface area contributed by atoms with Crippen molar-refractivity contribution < 1.29 is 4.39 Å². The zero-order chi connectivity index (χ0) is 15.3. The summed E-state index contributed by atoms with van der Waals surface area (Å²) in [5, 5.41) is 0. The number of halogens is 1. The predicted octanol–water partition coefficient (Wildman–Crippen LogP) is 6.21. The molecule has 0 nitrogen and oxygen atoms in total. The Labute approximate surface area is 122 Å². The summed E-state index contributed by atoms with van der Waals surface area (Å²) < 4.78 is 14.0. The molecule has 0 aliphatic carbocycles. The van der Waals surface area contributed by atoms with Crippen LogP contribution in [-0.4, -0.2) is 0 Å². The van der Waals surface area contributed by atoms with E-state index in [0.29, 0.717) is 0 Å². The van der Waals surface area contributed by atoms with Crippen LogP contribution < -0.4 is 0 Å². The van der Waals surface area contributed by atoms with Crippen molar-refractivity contribution in [2.75, 3.05) is 0 Å². The highest BCUT2D eigenvalue weighted by molar-refractivity contribution is 5.64. The Hall–Kier alpha value is -1.63. The monoisotopic (exact) mass is 272 g/mol. The molecule has 0 saturated heterocycles. The van der Waals surface area contributed by atoms with Gasteiger partial charge < -0.3 is 0 Å². The third kappa shape index (κ3) is 4.80. The van der Waals surface area contributed by atoms with Gasteiger partial charge in [-0.1, -0.05) is 48.1 Å². The van der Waals surface area contributed by atoms with Crippen LogP contribution in [0.3, 0.4) is 0 Å². The van der Waals surface area contributed by atoms with E-state index < -0.39 is 5.67 Å². The van der Waals surface area contributed by atoms with Crippen LogP contribution in [0.1, 0.15) is 52.2 Å². The van der Waals surface area contributed by atoms with Gasteiger partial charge in [0.25, 0.3) is 0 Å². The van der Waals surface area contributed by atoms with Gasteiger partial charge in [-0.05, 0) is 63.8 Å². The van der Waals surface area contributed by atoms with E-state index in [-0.39, 0.29) is 0 Å². The maximum atomic E-state index is 14.0. The molecule has 20 heavy (non-hydrogen) atoms. The molecule has 0 N–H and O–H groups in total. The molecular formula is C19H25F. The van der Waals surface area contributed by atoms with Crippen LogP contribution in [0.2, 0.25) is 0 Å². The molecule has 0 bridgehead atoms. The minimum atomic E-state index is -1.30. The van der Waals surface area contributed by atoms with Gasteiger partial charge >= 0.3 is 0 Å². The summed E-state index contributed by atoms with van der Waals surface area (Å²) in [4.78, 5) is 0. The average molecular weight is 272 g/mol. The normalized spacial score (nSPS) is 13.5. The lowest BCUT2D eigenvalue weighted by atomic mass is 9.95. The molecule has 0 aliphatic heterocycles. The van der Waals surface area contributed by atoms with Crippen LogP contribution >= 0.6 is 0 Å². The first-order valence-electron chi connectivity index (χ1n) is 7.01. The van der Waals surface area contributed by atoms with Crippen molar-refractivity contribution in [2.24, 2.45) is 0 Å². The van der Waals surface area contributed by atoms with Crippen molar-refractivity contribution in [3.8, 4) is 0 Å². The Morgan fingerprint density at radius 1 is 1.20 bits per heavy atom. The van der Waals surface area contributed by atoms with Crippen LogP contribution in [0.4, 0.5) is 4.39 Å². The van der Waals surface area contributed by atoms with Crippen molar-refractivity contribution in [1.29, 1.82) is 0 Å². The van der Waals surface area contributed by atoms with Gasteiger partial charge in [-0.25, -0.2) is 4.39 Å². The topological polar surface area (TPSA) is 0 Å². The first-order chi connectivity index (χ1) is 9.21. The van der Waals surface area contributed by atoms with Crippen molar-refractivity contribution in [2.45, 2.75) is 46.7 Å². The van der Waals surface area contributed by atoms with Gasteiger partial charge in [0.05, 0.1) is 0 Å². The van der Waals surface area contributed by atoms with Gasteiger partial charge in [-0.15, -0.1) is 0 Å². The van der Waals surface area contributed by atoms with E-state index in [9.17, 15) is 4.39 Å². The lowest BCUT2D eigenvalue weighted by molar-refractivity contribution is 0.221. The Balaban J connectivity index is 2.90. The minimum Gasteiger partial charge on any atom is -0.239 e. The van der Waals surface area contributed by atoms with Crippen LogP contribution in [0.5, 0.6) is 0 Å². The van der Waals surface area contributed by atoms with Gasteiger partial charge in [0, 0.05) is 0 Å². The molecule has 108 valence electrons. The molecule has 0 unspecified atom stereocenters. The molecule has 1 rings (SSSR count). The van der Waals surface area contributed by atoms with Gasteiger partial charge in [0.2, 0.25) is 0 Å². The van der Waals surface area contributed by atoms with E-state index in [2.05, 4.69) is 32.6 Å². The summed E-state index contributed by atoms with van der Waals surface area (Å²) in [7, 11) is 0. The molecule has 0 fully saturated rings. The maximum Gasteiger partial charge on any atom is 0.130 e. The summed E-state index contributed by atoms with van der Waals surface area (Å²) in [5.41, 5.74) is 3.98. The number of rotatable bonds is 5. The van der Waals surface area contributed by atoms with E-state index in [4.69, 9.17) is 0 Å². The molecule has 1 heteroatoms. The molecule has 0 heterocycles. The summed E-state index contributed by atoms with van der Waals surface area (Å²) in [6.45, 7) is 13.2. The van der Waals surface area contributed by atoms with Crippen LogP contribution in [0.25, 0.3) is 5.57 Å². The third-order valence-corrected chi connectivity index (χ3v) is 3.53. The number of allylic oxidation sites excluding steroid dienone is 5. The smallest absolute Gasteiger partial charge is 0.130 e. The Bertz CT molecular complexity index is 539. The second kappa shape index (κ2) is 6.69. The van der Waals surface area contributed by atoms with E-state index in [1.54, 1.807) is 13.8 Å². The predicted molar refractivity (Wildman–Crippen MR) is 87.4 cm³/mol. The third-order valence-electron chi connectivity index (χ3n) is 3.53. The van der Waals surface area contributed by atoms with Gasteiger partial charge in [0.15, 0.2) is 0 Å². The second-order valence-corrected chi connectivity index (χ2v) is 5.84. The quantitative estimate of drug-likeness (QED) is 0.559. The van der Waals surface area contributed by atoms with E-state index in [0.717, 1.165) is 23.1 Å². The van der Waals surface area contributed by atoms with Gasteiger partial charge in [0.1, 0.15) is 5.67 Å². The molecule has 0 aliphatic rings. The molecule has 0 spiro atoms. The summed E-state index contributed by atoms with van der Waals surface area (Å²) in [5.74, 6) is 0. The zero-order valence-electron chi connectivity index (χ0n) is 13.3. The second-order valence-electron chi connectivity index (χ2n) is 5.84. The van der Waals surface area contributed by atoms with E-state index in [1.807, 2.05) is 31.2 Å². The molecule has 1 aromatic rings. The highest BCUT2D eigenvalue weighted by Crippen LogP contribution is 2.27. The highest BCUT2D eigenvalue weighted by Gasteiger charge is 2.18. The molecule has 0 atom stereocenters. The fraction of sp³-hybridized carbons (Fsp3) is 0.368. The number of hydrogen-bond acceptors (Lipinski definition) is 0. The molecule has 0 amide bonds. The van der Waals surface area contributed by atoms with Gasteiger partial charge in [-0.2, -0.15) is 0 Å². The molecule has 0 radical (unpaired) electrons. The molecule has 0 aromatic heterocycles. The van der Waals surface area contributed by atoms with Crippen molar-refractivity contribution in [1.82, 2.24) is 0 Å². The maximum absolute atomic E-state index is 14.0. The fourth-order valence-electron chi connectivity index (χ4n) is 1.84. The summed E-state index contributed by atoms with van der Waals surface area (Å²) >= 11 is 0. The zero-order valence-corrected chi connectivity index (χ0v) is 13.3. The Kier molecular flexibility index (Phi) is 5.50. The minimum absolute atomic E-state index is 0.719. The molecule has 1 aromatic carbocycles. The van der Waals surface area contributed by atoms with Crippen molar-refractivity contribution >= 4 is 5.57 Å². The fourth-order valence-corrected chi connectivity index (χ4v) is 1.84. The lowest BCUT2D eigenvalue weighted by Gasteiger charge is -2.15. The van der Waals surface area contributed by atoms with E-state index >= 15 is 0 Å². The van der Waals surface area contributed by atoms with Crippen LogP contribution in [-0.2, 0) is 5.67 Å². The first-order valence-corrected chi connectivity index (χ1v) is 7.01. The van der Waals surface area contributed by atoms with Crippen LogP contribution in [0, 0.1) is 0 Å². The number of hydrogen-bond donors (Lipinski definition) is 0. The standard InChI is InChI=1S/C19H25F/c1-14(2)15(3)9-7-10-16(4)17-11-8-12-18(13-17)19(5,6)20/h8-13H,1,7H2,2-6H3/b15-9-,16-10+. The number of benzene rings is 1. The Morgan fingerprint density at radius 2 is 1.85 bits per heavy atom. The highest BCUT2D eigenvalue weighted by atomic mass is 19.1.